The quantitative estimate of drug-likeness (QED) is 0.854. The number of benzene rings is 2. The van der Waals surface area contributed by atoms with E-state index >= 15 is 0 Å². The molecule has 2 rings (SSSR count). The molecule has 0 aromatic heterocycles. The molecule has 0 saturated heterocycles. The van der Waals surface area contributed by atoms with Crippen LogP contribution in [0.4, 0.5) is 5.69 Å². The molecule has 0 aliphatic heterocycles. The second-order valence-electron chi connectivity index (χ2n) is 5.08. The molecule has 5 heteroatoms. The SMILES string of the molecule is COc1ccc(CN(C)CC(=O)Nc2cccc(Br)c2)cc1. The Morgan fingerprint density at radius 1 is 1.23 bits per heavy atom. The molecule has 0 atom stereocenters. The summed E-state index contributed by atoms with van der Waals surface area (Å²) in [5.41, 5.74) is 1.93. The first-order chi connectivity index (χ1) is 10.6. The van der Waals surface area contributed by atoms with Crippen LogP contribution in [0.3, 0.4) is 0 Å². The van der Waals surface area contributed by atoms with Gasteiger partial charge in [0.2, 0.25) is 5.91 Å². The molecule has 0 radical (unpaired) electrons. The molecule has 0 saturated carbocycles. The molecular formula is C17H19BrN2O2. The van der Waals surface area contributed by atoms with Crippen molar-refractivity contribution in [1.82, 2.24) is 4.90 Å². The fraction of sp³-hybridized carbons (Fsp3) is 0.235. The number of nitrogens with one attached hydrogen (secondary N) is 1. The summed E-state index contributed by atoms with van der Waals surface area (Å²) in [6, 6.07) is 15.4. The molecule has 1 amide bonds. The van der Waals surface area contributed by atoms with E-state index in [9.17, 15) is 4.79 Å². The summed E-state index contributed by atoms with van der Waals surface area (Å²) in [5.74, 6) is 0.799. The molecule has 0 bridgehead atoms. The summed E-state index contributed by atoms with van der Waals surface area (Å²) >= 11 is 3.39. The van der Waals surface area contributed by atoms with Crippen LogP contribution in [0.1, 0.15) is 5.56 Å². The summed E-state index contributed by atoms with van der Waals surface area (Å²) in [4.78, 5) is 14.0. The Morgan fingerprint density at radius 3 is 2.59 bits per heavy atom. The summed E-state index contributed by atoms with van der Waals surface area (Å²) in [5, 5.41) is 2.89. The van der Waals surface area contributed by atoms with Crippen LogP contribution >= 0.6 is 15.9 Å². The average molecular weight is 363 g/mol. The fourth-order valence-corrected chi connectivity index (χ4v) is 2.51. The minimum Gasteiger partial charge on any atom is -0.497 e. The van der Waals surface area contributed by atoms with Crippen molar-refractivity contribution in [1.29, 1.82) is 0 Å². The highest BCUT2D eigenvalue weighted by Crippen LogP contribution is 2.16. The molecule has 2 aromatic carbocycles. The van der Waals surface area contributed by atoms with E-state index in [1.807, 2.05) is 60.5 Å². The topological polar surface area (TPSA) is 41.6 Å². The van der Waals surface area contributed by atoms with E-state index in [1.165, 1.54) is 0 Å². The maximum atomic E-state index is 12.0. The minimum absolute atomic E-state index is 0.0332. The number of carbonyl (C=O) groups excluding carboxylic acids is 1. The van der Waals surface area contributed by atoms with Crippen molar-refractivity contribution < 1.29 is 9.53 Å². The highest BCUT2D eigenvalue weighted by molar-refractivity contribution is 9.10. The van der Waals surface area contributed by atoms with Gasteiger partial charge < -0.3 is 10.1 Å². The predicted octanol–water partition coefficient (Wildman–Crippen LogP) is 3.53. The molecule has 0 spiro atoms. The largest absolute Gasteiger partial charge is 0.497 e. The number of methoxy groups -OCH3 is 1. The lowest BCUT2D eigenvalue weighted by Crippen LogP contribution is -2.29. The summed E-state index contributed by atoms with van der Waals surface area (Å²) in [7, 11) is 3.57. The number of ether oxygens (including phenoxy) is 1. The molecule has 116 valence electrons. The van der Waals surface area contributed by atoms with Gasteiger partial charge in [-0.05, 0) is 42.9 Å². The zero-order chi connectivity index (χ0) is 15.9. The van der Waals surface area contributed by atoms with E-state index in [2.05, 4.69) is 21.2 Å². The molecule has 2 aromatic rings. The number of hydrogen-bond acceptors (Lipinski definition) is 3. The monoisotopic (exact) mass is 362 g/mol. The maximum Gasteiger partial charge on any atom is 0.238 e. The second-order valence-corrected chi connectivity index (χ2v) is 5.99. The van der Waals surface area contributed by atoms with Gasteiger partial charge in [-0.2, -0.15) is 0 Å². The third-order valence-corrected chi connectivity index (χ3v) is 3.63. The van der Waals surface area contributed by atoms with Crippen LogP contribution in [0.5, 0.6) is 5.75 Å². The number of halogens is 1. The van der Waals surface area contributed by atoms with E-state index in [-0.39, 0.29) is 5.91 Å². The van der Waals surface area contributed by atoms with Gasteiger partial charge in [0.05, 0.1) is 13.7 Å². The van der Waals surface area contributed by atoms with E-state index < -0.39 is 0 Å². The Kier molecular flexibility index (Phi) is 5.98. The third kappa shape index (κ3) is 5.16. The molecule has 0 aliphatic carbocycles. The number of hydrogen-bond donors (Lipinski definition) is 1. The van der Waals surface area contributed by atoms with Gasteiger partial charge in [-0.15, -0.1) is 0 Å². The number of likely N-dealkylation sites (N-methyl/N-ethyl adjacent to an activating group) is 1. The highest BCUT2D eigenvalue weighted by atomic mass is 79.9. The number of anilines is 1. The van der Waals surface area contributed by atoms with Crippen molar-refractivity contribution in [3.63, 3.8) is 0 Å². The first-order valence-electron chi connectivity index (χ1n) is 6.93. The van der Waals surface area contributed by atoms with Crippen LogP contribution in [0, 0.1) is 0 Å². The van der Waals surface area contributed by atoms with Crippen LogP contribution in [-0.4, -0.2) is 31.5 Å². The van der Waals surface area contributed by atoms with Crippen molar-refractivity contribution in [3.05, 3.63) is 58.6 Å². The summed E-state index contributed by atoms with van der Waals surface area (Å²) in [6.45, 7) is 1.04. The number of amides is 1. The van der Waals surface area contributed by atoms with Gasteiger partial charge in [-0.3, -0.25) is 9.69 Å². The van der Waals surface area contributed by atoms with Gasteiger partial charge in [0.25, 0.3) is 0 Å². The standard InChI is InChI=1S/C17H19BrN2O2/c1-20(11-13-6-8-16(22-2)9-7-13)12-17(21)19-15-5-3-4-14(18)10-15/h3-10H,11-12H2,1-2H3,(H,19,21). The van der Waals surface area contributed by atoms with Crippen LogP contribution in [0.15, 0.2) is 53.0 Å². The van der Waals surface area contributed by atoms with Crippen LogP contribution < -0.4 is 10.1 Å². The zero-order valence-electron chi connectivity index (χ0n) is 12.7. The first kappa shape index (κ1) is 16.5. The van der Waals surface area contributed by atoms with Gasteiger partial charge in [-0.25, -0.2) is 0 Å². The molecule has 0 aliphatic rings. The first-order valence-corrected chi connectivity index (χ1v) is 7.73. The average Bonchev–Trinajstić information content (AvgIpc) is 2.47. The Labute approximate surface area is 139 Å². The molecule has 0 unspecified atom stereocenters. The van der Waals surface area contributed by atoms with Crippen LogP contribution in [-0.2, 0) is 11.3 Å². The Morgan fingerprint density at radius 2 is 1.95 bits per heavy atom. The second kappa shape index (κ2) is 7.96. The van der Waals surface area contributed by atoms with Crippen molar-refractivity contribution in [2.45, 2.75) is 6.54 Å². The van der Waals surface area contributed by atoms with E-state index in [0.717, 1.165) is 21.5 Å². The van der Waals surface area contributed by atoms with Crippen molar-refractivity contribution in [2.75, 3.05) is 26.0 Å². The van der Waals surface area contributed by atoms with E-state index in [0.29, 0.717) is 13.1 Å². The van der Waals surface area contributed by atoms with Crippen molar-refractivity contribution >= 4 is 27.5 Å². The van der Waals surface area contributed by atoms with Gasteiger partial charge in [-0.1, -0.05) is 34.1 Å². The minimum atomic E-state index is -0.0332. The lowest BCUT2D eigenvalue weighted by atomic mass is 10.2. The molecule has 0 fully saturated rings. The molecule has 4 nitrogen and oxygen atoms in total. The maximum absolute atomic E-state index is 12.0. The van der Waals surface area contributed by atoms with Gasteiger partial charge >= 0.3 is 0 Å². The van der Waals surface area contributed by atoms with Crippen molar-refractivity contribution in [3.8, 4) is 5.75 Å². The fourth-order valence-electron chi connectivity index (χ4n) is 2.11. The Balaban J connectivity index is 1.85. The zero-order valence-corrected chi connectivity index (χ0v) is 14.3. The van der Waals surface area contributed by atoms with E-state index in [4.69, 9.17) is 4.74 Å². The van der Waals surface area contributed by atoms with Crippen LogP contribution in [0.25, 0.3) is 0 Å². The third-order valence-electron chi connectivity index (χ3n) is 3.13. The smallest absolute Gasteiger partial charge is 0.238 e. The number of rotatable bonds is 6. The van der Waals surface area contributed by atoms with Gasteiger partial charge in [0, 0.05) is 16.7 Å². The Bertz CT molecular complexity index is 629. The van der Waals surface area contributed by atoms with Gasteiger partial charge in [0.1, 0.15) is 5.75 Å². The normalized spacial score (nSPS) is 10.5. The van der Waals surface area contributed by atoms with Gasteiger partial charge in [0.15, 0.2) is 0 Å². The molecule has 1 N–H and O–H groups in total. The molecule has 0 heterocycles. The molecule has 22 heavy (non-hydrogen) atoms. The molecular weight excluding hydrogens is 344 g/mol. The van der Waals surface area contributed by atoms with Crippen molar-refractivity contribution in [2.24, 2.45) is 0 Å². The highest BCUT2D eigenvalue weighted by Gasteiger charge is 2.08. The lowest BCUT2D eigenvalue weighted by molar-refractivity contribution is -0.117. The lowest BCUT2D eigenvalue weighted by Gasteiger charge is -2.16. The van der Waals surface area contributed by atoms with Crippen LogP contribution in [0.2, 0.25) is 0 Å². The number of nitrogens with zero attached hydrogens (tertiary/aromatic N) is 1. The summed E-state index contributed by atoms with van der Waals surface area (Å²) < 4.78 is 6.07. The summed E-state index contributed by atoms with van der Waals surface area (Å²) in [6.07, 6.45) is 0. The predicted molar refractivity (Wildman–Crippen MR) is 92.1 cm³/mol. The van der Waals surface area contributed by atoms with E-state index in [1.54, 1.807) is 7.11 Å². The number of carbonyl (C=O) groups is 1. The Hall–Kier alpha value is -1.85.